The average Bonchev–Trinajstić information content (AvgIpc) is 2.04. The predicted octanol–water partition coefficient (Wildman–Crippen LogP) is 0.910. The third kappa shape index (κ3) is 3.13. The number of hydrogen-bond acceptors (Lipinski definition) is 2. The van der Waals surface area contributed by atoms with Crippen LogP contribution in [0.15, 0.2) is 18.2 Å². The van der Waals surface area contributed by atoms with Crippen LogP contribution in [-0.4, -0.2) is 22.4 Å². The van der Waals surface area contributed by atoms with Crippen molar-refractivity contribution in [3.63, 3.8) is 0 Å². The van der Waals surface area contributed by atoms with E-state index < -0.39 is 18.0 Å². The number of aliphatic hydroxyl groups excluding tert-OH is 2. The van der Waals surface area contributed by atoms with E-state index in [0.717, 1.165) is 0 Å². The zero-order valence-electron chi connectivity index (χ0n) is 7.37. The lowest BCUT2D eigenvalue weighted by atomic mass is 10.0. The summed E-state index contributed by atoms with van der Waals surface area (Å²) in [6, 6.07) is 6.78. The van der Waals surface area contributed by atoms with E-state index >= 15 is 0 Å². The molecular formula is C10H12FO2. The van der Waals surface area contributed by atoms with Crippen LogP contribution in [0.1, 0.15) is 12.5 Å². The van der Waals surface area contributed by atoms with Crippen molar-refractivity contribution in [1.29, 1.82) is 0 Å². The van der Waals surface area contributed by atoms with Gasteiger partial charge in [-0.1, -0.05) is 12.1 Å². The number of hydrogen-bond donors (Lipinski definition) is 2. The first-order chi connectivity index (χ1) is 6.09. The van der Waals surface area contributed by atoms with Crippen LogP contribution < -0.4 is 0 Å². The van der Waals surface area contributed by atoms with Crippen molar-refractivity contribution in [1.82, 2.24) is 0 Å². The maximum Gasteiger partial charge on any atom is 0.131 e. The topological polar surface area (TPSA) is 40.5 Å². The molecule has 0 saturated heterocycles. The Balaban J connectivity index is 2.64. The highest BCUT2D eigenvalue weighted by Gasteiger charge is 2.11. The molecule has 3 heteroatoms. The third-order valence-electron chi connectivity index (χ3n) is 1.83. The third-order valence-corrected chi connectivity index (χ3v) is 1.83. The molecule has 0 saturated carbocycles. The monoisotopic (exact) mass is 183 g/mol. The molecule has 0 fully saturated rings. The van der Waals surface area contributed by atoms with E-state index in [1.807, 2.05) is 0 Å². The predicted molar refractivity (Wildman–Crippen MR) is 46.6 cm³/mol. The Bertz CT molecular complexity index is 273. The molecule has 0 heterocycles. The second-order valence-corrected chi connectivity index (χ2v) is 3.06. The molecule has 2 unspecified atom stereocenters. The molecule has 0 aromatic heterocycles. The molecule has 2 atom stereocenters. The number of rotatable bonds is 3. The molecule has 2 nitrogen and oxygen atoms in total. The Morgan fingerprint density at radius 2 is 2.23 bits per heavy atom. The summed E-state index contributed by atoms with van der Waals surface area (Å²) in [6.45, 7) is 1.50. The zero-order valence-corrected chi connectivity index (χ0v) is 7.37. The van der Waals surface area contributed by atoms with Crippen molar-refractivity contribution in [2.24, 2.45) is 0 Å². The Morgan fingerprint density at radius 3 is 2.77 bits per heavy atom. The SMILES string of the molecule is CC(O)C(O)Cc1cc[c]c(F)c1. The van der Waals surface area contributed by atoms with Crippen molar-refractivity contribution in [2.45, 2.75) is 25.6 Å². The lowest BCUT2D eigenvalue weighted by Crippen LogP contribution is -2.24. The highest BCUT2D eigenvalue weighted by Crippen LogP contribution is 2.07. The Kier molecular flexibility index (Phi) is 3.39. The lowest BCUT2D eigenvalue weighted by Gasteiger charge is -2.12. The minimum atomic E-state index is -0.846. The van der Waals surface area contributed by atoms with Crippen molar-refractivity contribution in [3.05, 3.63) is 35.6 Å². The first-order valence-electron chi connectivity index (χ1n) is 4.12. The molecule has 1 aromatic rings. The van der Waals surface area contributed by atoms with Crippen molar-refractivity contribution in [3.8, 4) is 0 Å². The summed E-state index contributed by atoms with van der Waals surface area (Å²) >= 11 is 0. The molecule has 1 aromatic carbocycles. The van der Waals surface area contributed by atoms with Gasteiger partial charge >= 0.3 is 0 Å². The first kappa shape index (κ1) is 10.2. The standard InChI is InChI=1S/C10H12FO2/c1-7(12)10(13)6-8-3-2-4-9(11)5-8/h2-3,5,7,10,12-13H,6H2,1H3. The summed E-state index contributed by atoms with van der Waals surface area (Å²) in [5, 5.41) is 18.3. The summed E-state index contributed by atoms with van der Waals surface area (Å²) in [5.74, 6) is -0.449. The van der Waals surface area contributed by atoms with E-state index in [9.17, 15) is 9.50 Å². The van der Waals surface area contributed by atoms with Crippen LogP contribution in [0.4, 0.5) is 4.39 Å². The summed E-state index contributed by atoms with van der Waals surface area (Å²) < 4.78 is 12.6. The van der Waals surface area contributed by atoms with Gasteiger partial charge in [-0.2, -0.15) is 0 Å². The van der Waals surface area contributed by atoms with E-state index in [1.54, 1.807) is 6.07 Å². The second kappa shape index (κ2) is 4.35. The zero-order chi connectivity index (χ0) is 9.84. The second-order valence-electron chi connectivity index (χ2n) is 3.06. The van der Waals surface area contributed by atoms with E-state index in [-0.39, 0.29) is 6.42 Å². The van der Waals surface area contributed by atoms with Crippen molar-refractivity contribution in [2.75, 3.05) is 0 Å². The van der Waals surface area contributed by atoms with Gasteiger partial charge in [-0.05, 0) is 18.6 Å². The number of aliphatic hydroxyl groups is 2. The fraction of sp³-hybridized carbons (Fsp3) is 0.400. The minimum absolute atomic E-state index is 0.253. The Hall–Kier alpha value is -0.930. The fourth-order valence-electron chi connectivity index (χ4n) is 1.02. The molecule has 0 aliphatic rings. The van der Waals surface area contributed by atoms with Crippen LogP contribution in [0.3, 0.4) is 0 Å². The molecule has 0 bridgehead atoms. The van der Waals surface area contributed by atoms with E-state index in [4.69, 9.17) is 5.11 Å². The van der Waals surface area contributed by atoms with Crippen LogP contribution in [0, 0.1) is 11.9 Å². The van der Waals surface area contributed by atoms with Gasteiger partial charge in [-0.15, -0.1) is 0 Å². The van der Waals surface area contributed by atoms with E-state index in [1.165, 1.54) is 19.1 Å². The highest BCUT2D eigenvalue weighted by molar-refractivity contribution is 5.16. The van der Waals surface area contributed by atoms with Crippen molar-refractivity contribution >= 4 is 0 Å². The van der Waals surface area contributed by atoms with Gasteiger partial charge in [0.25, 0.3) is 0 Å². The summed E-state index contributed by atoms with van der Waals surface area (Å²) in [6.07, 6.45) is -1.39. The maximum absolute atomic E-state index is 12.6. The maximum atomic E-state index is 12.6. The highest BCUT2D eigenvalue weighted by atomic mass is 19.1. The molecule has 71 valence electrons. The van der Waals surface area contributed by atoms with E-state index in [0.29, 0.717) is 5.56 Å². The van der Waals surface area contributed by atoms with Gasteiger partial charge in [0.05, 0.1) is 12.2 Å². The van der Waals surface area contributed by atoms with Gasteiger partial charge in [0, 0.05) is 12.5 Å². The van der Waals surface area contributed by atoms with Gasteiger partial charge in [-0.25, -0.2) is 4.39 Å². The molecule has 0 aliphatic carbocycles. The smallest absolute Gasteiger partial charge is 0.131 e. The quantitative estimate of drug-likeness (QED) is 0.731. The molecule has 13 heavy (non-hydrogen) atoms. The Morgan fingerprint density at radius 1 is 1.54 bits per heavy atom. The van der Waals surface area contributed by atoms with Gasteiger partial charge in [0.1, 0.15) is 5.82 Å². The molecular weight excluding hydrogens is 171 g/mol. The molecule has 2 N–H and O–H groups in total. The number of benzene rings is 1. The molecule has 1 rings (SSSR count). The first-order valence-corrected chi connectivity index (χ1v) is 4.12. The molecule has 0 aliphatic heterocycles. The van der Waals surface area contributed by atoms with Crippen LogP contribution in [0.25, 0.3) is 0 Å². The Labute approximate surface area is 76.6 Å². The molecule has 0 amide bonds. The summed E-state index contributed by atoms with van der Waals surface area (Å²) in [7, 11) is 0. The van der Waals surface area contributed by atoms with Gasteiger partial charge in [0.2, 0.25) is 0 Å². The summed E-state index contributed by atoms with van der Waals surface area (Å²) in [4.78, 5) is 0. The summed E-state index contributed by atoms with van der Waals surface area (Å²) in [5.41, 5.74) is 0.657. The lowest BCUT2D eigenvalue weighted by molar-refractivity contribution is 0.0319. The van der Waals surface area contributed by atoms with Crippen LogP contribution in [0.2, 0.25) is 0 Å². The van der Waals surface area contributed by atoms with Crippen LogP contribution in [0.5, 0.6) is 0 Å². The van der Waals surface area contributed by atoms with Crippen LogP contribution in [-0.2, 0) is 6.42 Å². The average molecular weight is 183 g/mol. The fourth-order valence-corrected chi connectivity index (χ4v) is 1.02. The number of halogens is 1. The minimum Gasteiger partial charge on any atom is -0.391 e. The normalized spacial score (nSPS) is 15.4. The van der Waals surface area contributed by atoms with Gasteiger partial charge in [-0.3, -0.25) is 0 Å². The van der Waals surface area contributed by atoms with Gasteiger partial charge in [0.15, 0.2) is 0 Å². The molecule has 0 spiro atoms. The van der Waals surface area contributed by atoms with E-state index in [2.05, 4.69) is 6.07 Å². The molecule has 1 radical (unpaired) electrons. The van der Waals surface area contributed by atoms with Crippen molar-refractivity contribution < 1.29 is 14.6 Å². The van der Waals surface area contributed by atoms with Crippen LogP contribution >= 0.6 is 0 Å². The largest absolute Gasteiger partial charge is 0.391 e. The van der Waals surface area contributed by atoms with Gasteiger partial charge < -0.3 is 10.2 Å².